The minimum atomic E-state index is -0.488. The number of pyridine rings is 1. The van der Waals surface area contributed by atoms with E-state index in [2.05, 4.69) is 42.3 Å². The normalized spacial score (nSPS) is 19.2. The number of rotatable bonds is 5. The number of carbonyl (C=O) groups excluding carboxylic acids is 1. The molecule has 2 fully saturated rings. The minimum absolute atomic E-state index is 0.108. The summed E-state index contributed by atoms with van der Waals surface area (Å²) in [4.78, 5) is 24.9. The second-order valence-corrected chi connectivity index (χ2v) is 9.83. The summed E-state index contributed by atoms with van der Waals surface area (Å²) in [7, 11) is 1.88. The Labute approximate surface area is 218 Å². The molecule has 0 spiro atoms. The summed E-state index contributed by atoms with van der Waals surface area (Å²) in [5.41, 5.74) is 10.7. The van der Waals surface area contributed by atoms with Gasteiger partial charge in [-0.05, 0) is 37.1 Å². The van der Waals surface area contributed by atoms with E-state index in [9.17, 15) is 4.79 Å². The van der Waals surface area contributed by atoms with Gasteiger partial charge in [-0.15, -0.1) is 0 Å². The molecule has 4 heterocycles. The second-order valence-electron chi connectivity index (χ2n) is 9.43. The van der Waals surface area contributed by atoms with Crippen LogP contribution >= 0.6 is 11.6 Å². The van der Waals surface area contributed by atoms with Crippen LogP contribution in [0, 0.1) is 0 Å². The Kier molecular flexibility index (Phi) is 6.27. The van der Waals surface area contributed by atoms with Crippen molar-refractivity contribution in [2.45, 2.75) is 44.4 Å². The lowest BCUT2D eigenvalue weighted by Crippen LogP contribution is -2.36. The van der Waals surface area contributed by atoms with E-state index in [0.717, 1.165) is 53.4 Å². The average molecular weight is 519 g/mol. The number of benzene rings is 1. The molecule has 1 atom stereocenters. The smallest absolute Gasteiger partial charge is 0.306 e. The van der Waals surface area contributed by atoms with Gasteiger partial charge in [-0.3, -0.25) is 14.9 Å². The Morgan fingerprint density at radius 1 is 1.19 bits per heavy atom. The number of aromatic nitrogens is 4. The summed E-state index contributed by atoms with van der Waals surface area (Å²) >= 11 is 6.48. The Morgan fingerprint density at radius 2 is 2.05 bits per heavy atom. The van der Waals surface area contributed by atoms with Crippen LogP contribution < -0.4 is 16.2 Å². The van der Waals surface area contributed by atoms with Crippen LogP contribution in [0.4, 0.5) is 5.69 Å². The van der Waals surface area contributed by atoms with Crippen molar-refractivity contribution >= 4 is 40.3 Å². The molecule has 1 saturated carbocycles. The summed E-state index contributed by atoms with van der Waals surface area (Å²) in [6.45, 7) is 0. The molecule has 1 aliphatic heterocycles. The monoisotopic (exact) mass is 518 g/mol. The molecule has 1 aliphatic carbocycles. The van der Waals surface area contributed by atoms with Crippen LogP contribution in [0.1, 0.15) is 54.3 Å². The molecule has 190 valence electrons. The van der Waals surface area contributed by atoms with Gasteiger partial charge in [0, 0.05) is 59.3 Å². The maximum absolute atomic E-state index is 12.7. The number of hydrazine groups is 1. The molecule has 10 nitrogen and oxygen atoms in total. The van der Waals surface area contributed by atoms with E-state index in [-0.39, 0.29) is 18.0 Å². The lowest BCUT2D eigenvalue weighted by Gasteiger charge is -2.22. The summed E-state index contributed by atoms with van der Waals surface area (Å²) in [6, 6.07) is 7.66. The van der Waals surface area contributed by atoms with Gasteiger partial charge in [0.25, 0.3) is 5.91 Å². The summed E-state index contributed by atoms with van der Waals surface area (Å²) < 4.78 is 7.78. The first kappa shape index (κ1) is 23.5. The lowest BCUT2D eigenvalue weighted by molar-refractivity contribution is 0.0927. The van der Waals surface area contributed by atoms with Crippen molar-refractivity contribution in [2.75, 3.05) is 0 Å². The number of nitrogens with one attached hydrogen (secondary N) is 4. The number of aromatic amines is 1. The molecule has 1 saturated heterocycles. The van der Waals surface area contributed by atoms with Crippen molar-refractivity contribution < 1.29 is 9.53 Å². The van der Waals surface area contributed by atoms with E-state index >= 15 is 0 Å². The first-order chi connectivity index (χ1) is 18.0. The number of aryl methyl sites for hydroxylation is 1. The topological polar surface area (TPSA) is 121 Å². The molecule has 6 rings (SSSR count). The van der Waals surface area contributed by atoms with Gasteiger partial charge in [-0.25, -0.2) is 4.98 Å². The number of hydrogen-bond acceptors (Lipinski definition) is 6. The summed E-state index contributed by atoms with van der Waals surface area (Å²) in [5.74, 6) is -0.108. The molecule has 4 aromatic rings. The fraction of sp³-hybridized carbons (Fsp3) is 0.308. The van der Waals surface area contributed by atoms with Crippen LogP contribution in [0.5, 0.6) is 0 Å². The predicted octanol–water partition coefficient (Wildman–Crippen LogP) is 4.49. The highest BCUT2D eigenvalue weighted by Gasteiger charge is 2.26. The number of amidine groups is 1. The van der Waals surface area contributed by atoms with Crippen LogP contribution in [0.3, 0.4) is 0 Å². The first-order valence-corrected chi connectivity index (χ1v) is 12.7. The number of H-pyrrole nitrogens is 1. The second kappa shape index (κ2) is 9.87. The van der Waals surface area contributed by atoms with Gasteiger partial charge in [0.1, 0.15) is 5.65 Å². The molecule has 1 amide bonds. The van der Waals surface area contributed by atoms with E-state index in [1.54, 1.807) is 29.1 Å². The number of aliphatic imine (C=N–C) groups is 1. The van der Waals surface area contributed by atoms with Gasteiger partial charge >= 0.3 is 6.02 Å². The van der Waals surface area contributed by atoms with E-state index in [0.29, 0.717) is 16.3 Å². The summed E-state index contributed by atoms with van der Waals surface area (Å²) in [6.07, 6.45) is 12.5. The van der Waals surface area contributed by atoms with Crippen LogP contribution in [0.2, 0.25) is 5.02 Å². The number of nitrogens with zero attached hydrogens (tertiary/aromatic N) is 4. The zero-order valence-corrected chi connectivity index (χ0v) is 21.0. The van der Waals surface area contributed by atoms with Gasteiger partial charge in [-0.1, -0.05) is 30.9 Å². The first-order valence-electron chi connectivity index (χ1n) is 12.4. The summed E-state index contributed by atoms with van der Waals surface area (Å²) in [5, 5.41) is 8.65. The van der Waals surface area contributed by atoms with Crippen molar-refractivity contribution in [1.29, 1.82) is 0 Å². The van der Waals surface area contributed by atoms with E-state index in [1.165, 1.54) is 6.42 Å². The number of fused-ring (bicyclic) bond motifs is 1. The maximum atomic E-state index is 12.7. The van der Waals surface area contributed by atoms with Gasteiger partial charge in [0.2, 0.25) is 0 Å². The number of amides is 1. The third kappa shape index (κ3) is 4.90. The Hall–Kier alpha value is -3.89. The van der Waals surface area contributed by atoms with Gasteiger partial charge in [0.15, 0.2) is 6.23 Å². The fourth-order valence-corrected chi connectivity index (χ4v) is 5.05. The van der Waals surface area contributed by atoms with E-state index in [1.807, 2.05) is 25.6 Å². The quantitative estimate of drug-likeness (QED) is 0.309. The van der Waals surface area contributed by atoms with Crippen molar-refractivity contribution in [3.05, 3.63) is 65.2 Å². The zero-order valence-electron chi connectivity index (χ0n) is 20.3. The molecule has 0 radical (unpaired) electrons. The van der Waals surface area contributed by atoms with Gasteiger partial charge in [-0.2, -0.15) is 15.5 Å². The van der Waals surface area contributed by atoms with Crippen LogP contribution in [-0.2, 0) is 11.8 Å². The Bertz CT molecular complexity index is 1490. The van der Waals surface area contributed by atoms with Crippen molar-refractivity contribution in [3.63, 3.8) is 0 Å². The molecule has 2 aliphatic rings. The Morgan fingerprint density at radius 3 is 2.84 bits per heavy atom. The maximum Gasteiger partial charge on any atom is 0.306 e. The van der Waals surface area contributed by atoms with Crippen LogP contribution in [-0.4, -0.2) is 37.7 Å². The average Bonchev–Trinajstić information content (AvgIpc) is 3.65. The molecule has 1 unspecified atom stereocenters. The molecule has 4 N–H and O–H groups in total. The number of ether oxygens (including phenoxy) is 1. The van der Waals surface area contributed by atoms with Crippen LogP contribution in [0.15, 0.2) is 54.0 Å². The standard InChI is InChI=1S/C26H27ClN8O2/c1-35-14-17(12-30-35)16-9-19-20(13-29-23(19)28-11-16)25-33-34-26(37-25)32-22-8-7-15(10-21(22)27)24(36)31-18-5-3-2-4-6-18/h7-14,18,25,33H,2-6H2,1H3,(H,28,29)(H,31,36)(H,32,34). The molecule has 3 aromatic heterocycles. The van der Waals surface area contributed by atoms with Crippen LogP contribution in [0.25, 0.3) is 22.2 Å². The molecule has 1 aromatic carbocycles. The Balaban J connectivity index is 1.17. The van der Waals surface area contributed by atoms with Gasteiger partial charge < -0.3 is 15.0 Å². The van der Waals surface area contributed by atoms with Crippen molar-refractivity contribution in [2.24, 2.45) is 12.0 Å². The molecule has 37 heavy (non-hydrogen) atoms. The van der Waals surface area contributed by atoms with E-state index < -0.39 is 6.23 Å². The highest BCUT2D eigenvalue weighted by molar-refractivity contribution is 6.33. The SMILES string of the molecule is Cn1cc(-c2cnc3[nH]cc(C4NNC(=Nc5ccc(C(=O)NC6CCCCC6)cc5Cl)O4)c3c2)cn1. The minimum Gasteiger partial charge on any atom is -0.439 e. The van der Waals surface area contributed by atoms with E-state index in [4.69, 9.17) is 16.3 Å². The molecular weight excluding hydrogens is 492 g/mol. The molecule has 11 heteroatoms. The van der Waals surface area contributed by atoms with Gasteiger partial charge in [0.05, 0.1) is 16.9 Å². The largest absolute Gasteiger partial charge is 0.439 e. The van der Waals surface area contributed by atoms with Crippen molar-refractivity contribution in [1.82, 2.24) is 35.9 Å². The molecular formula is C26H27ClN8O2. The number of carbonyl (C=O) groups is 1. The predicted molar refractivity (Wildman–Crippen MR) is 141 cm³/mol. The number of hydrogen-bond donors (Lipinski definition) is 4. The van der Waals surface area contributed by atoms with Crippen molar-refractivity contribution in [3.8, 4) is 11.1 Å². The molecule has 0 bridgehead atoms. The highest BCUT2D eigenvalue weighted by Crippen LogP contribution is 2.31. The third-order valence-corrected chi connectivity index (χ3v) is 7.10. The lowest BCUT2D eigenvalue weighted by atomic mass is 9.95. The highest BCUT2D eigenvalue weighted by atomic mass is 35.5. The fourth-order valence-electron chi connectivity index (χ4n) is 4.83. The zero-order chi connectivity index (χ0) is 25.4. The third-order valence-electron chi connectivity index (χ3n) is 6.80. The number of halogens is 1.